The number of carbonyl (C=O) groups is 1. The van der Waals surface area contributed by atoms with Crippen molar-refractivity contribution < 1.29 is 22.7 Å². The van der Waals surface area contributed by atoms with Crippen molar-refractivity contribution in [1.29, 1.82) is 0 Å². The molecule has 6 heteroatoms. The number of halogens is 3. The van der Waals surface area contributed by atoms with Crippen molar-refractivity contribution in [2.75, 3.05) is 5.32 Å². The second kappa shape index (κ2) is 6.98. The number of alkyl halides is 2. The Labute approximate surface area is 125 Å². The first-order valence-corrected chi connectivity index (χ1v) is 6.54. The fraction of sp³-hybridized carbons (Fsp3) is 0.188. The minimum atomic E-state index is -2.88. The molecule has 1 N–H and O–H groups in total. The summed E-state index contributed by atoms with van der Waals surface area (Å²) in [5.74, 6) is -0.615. The van der Waals surface area contributed by atoms with Crippen LogP contribution in [-0.2, 0) is 11.2 Å². The molecule has 0 aromatic heterocycles. The number of ether oxygens (including phenoxy) is 1. The molecule has 22 heavy (non-hydrogen) atoms. The van der Waals surface area contributed by atoms with Gasteiger partial charge in [0.2, 0.25) is 5.91 Å². The number of hydrogen-bond acceptors (Lipinski definition) is 2. The van der Waals surface area contributed by atoms with Crippen LogP contribution < -0.4 is 10.1 Å². The lowest BCUT2D eigenvalue weighted by Crippen LogP contribution is -2.15. The van der Waals surface area contributed by atoms with E-state index in [1.807, 2.05) is 0 Å². The quantitative estimate of drug-likeness (QED) is 0.909. The minimum Gasteiger partial charge on any atom is -0.435 e. The van der Waals surface area contributed by atoms with Gasteiger partial charge in [-0.15, -0.1) is 0 Å². The van der Waals surface area contributed by atoms with Crippen LogP contribution in [0.15, 0.2) is 42.5 Å². The second-order valence-electron chi connectivity index (χ2n) is 4.71. The topological polar surface area (TPSA) is 38.3 Å². The van der Waals surface area contributed by atoms with Crippen molar-refractivity contribution >= 4 is 11.6 Å². The van der Waals surface area contributed by atoms with Gasteiger partial charge in [-0.25, -0.2) is 4.39 Å². The highest BCUT2D eigenvalue weighted by Crippen LogP contribution is 2.18. The fourth-order valence-electron chi connectivity index (χ4n) is 1.94. The standard InChI is InChI=1S/C16H14F3NO2/c1-10-8-12(17)4-7-14(10)20-15(21)9-11-2-5-13(6-3-11)22-16(18)19/h2-8,16H,9H2,1H3,(H,20,21). The highest BCUT2D eigenvalue weighted by atomic mass is 19.3. The van der Waals surface area contributed by atoms with Gasteiger partial charge in [0.15, 0.2) is 0 Å². The Kier molecular flexibility index (Phi) is 5.04. The number of rotatable bonds is 5. The Balaban J connectivity index is 1.97. The summed E-state index contributed by atoms with van der Waals surface area (Å²) in [4.78, 5) is 11.9. The number of benzene rings is 2. The summed E-state index contributed by atoms with van der Waals surface area (Å²) in [6, 6.07) is 9.90. The average Bonchev–Trinajstić information content (AvgIpc) is 2.43. The van der Waals surface area contributed by atoms with Crippen molar-refractivity contribution in [3.05, 3.63) is 59.4 Å². The maximum Gasteiger partial charge on any atom is 0.387 e. The zero-order chi connectivity index (χ0) is 16.1. The van der Waals surface area contributed by atoms with Gasteiger partial charge in [-0.1, -0.05) is 12.1 Å². The molecule has 0 heterocycles. The van der Waals surface area contributed by atoms with Gasteiger partial charge in [0.05, 0.1) is 6.42 Å². The fourth-order valence-corrected chi connectivity index (χ4v) is 1.94. The first-order chi connectivity index (χ1) is 10.4. The minimum absolute atomic E-state index is 0.0357. The molecule has 0 aliphatic rings. The van der Waals surface area contributed by atoms with Gasteiger partial charge in [-0.2, -0.15) is 8.78 Å². The van der Waals surface area contributed by atoms with Crippen molar-refractivity contribution in [3.8, 4) is 5.75 Å². The number of amides is 1. The monoisotopic (exact) mass is 309 g/mol. The van der Waals surface area contributed by atoms with E-state index in [1.54, 1.807) is 6.92 Å². The van der Waals surface area contributed by atoms with Crippen molar-refractivity contribution in [1.82, 2.24) is 0 Å². The van der Waals surface area contributed by atoms with Crippen LogP contribution in [0.25, 0.3) is 0 Å². The van der Waals surface area contributed by atoms with E-state index in [0.29, 0.717) is 16.8 Å². The van der Waals surface area contributed by atoms with E-state index in [1.165, 1.54) is 42.5 Å². The third-order valence-electron chi connectivity index (χ3n) is 2.98. The Hall–Kier alpha value is -2.50. The summed E-state index contributed by atoms with van der Waals surface area (Å²) < 4.78 is 41.3. The second-order valence-corrected chi connectivity index (χ2v) is 4.71. The molecule has 0 radical (unpaired) electrons. The summed E-state index contributed by atoms with van der Waals surface area (Å²) in [5, 5.41) is 2.68. The van der Waals surface area contributed by atoms with E-state index in [2.05, 4.69) is 10.1 Å². The lowest BCUT2D eigenvalue weighted by Gasteiger charge is -2.09. The molecule has 0 unspecified atom stereocenters. The molecular formula is C16H14F3NO2. The lowest BCUT2D eigenvalue weighted by atomic mass is 10.1. The van der Waals surface area contributed by atoms with Gasteiger partial charge in [0.1, 0.15) is 11.6 Å². The Morgan fingerprint density at radius 1 is 1.18 bits per heavy atom. The largest absolute Gasteiger partial charge is 0.435 e. The normalized spacial score (nSPS) is 10.6. The molecule has 0 atom stereocenters. The third-order valence-corrected chi connectivity index (χ3v) is 2.98. The third kappa shape index (κ3) is 4.51. The summed E-state index contributed by atoms with van der Waals surface area (Å²) in [7, 11) is 0. The van der Waals surface area contributed by atoms with Gasteiger partial charge in [-0.05, 0) is 48.4 Å². The number of carbonyl (C=O) groups excluding carboxylic acids is 1. The van der Waals surface area contributed by atoms with Crippen LogP contribution in [0.1, 0.15) is 11.1 Å². The van der Waals surface area contributed by atoms with Crippen LogP contribution in [-0.4, -0.2) is 12.5 Å². The summed E-state index contributed by atoms with van der Waals surface area (Å²) >= 11 is 0. The number of anilines is 1. The number of hydrogen-bond donors (Lipinski definition) is 1. The average molecular weight is 309 g/mol. The lowest BCUT2D eigenvalue weighted by molar-refractivity contribution is -0.115. The van der Waals surface area contributed by atoms with Crippen LogP contribution in [0.4, 0.5) is 18.9 Å². The Morgan fingerprint density at radius 3 is 2.45 bits per heavy atom. The van der Waals surface area contributed by atoms with Crippen LogP contribution in [0.3, 0.4) is 0 Å². The molecular weight excluding hydrogens is 295 g/mol. The first kappa shape index (κ1) is 15.9. The highest BCUT2D eigenvalue weighted by molar-refractivity contribution is 5.92. The SMILES string of the molecule is Cc1cc(F)ccc1NC(=O)Cc1ccc(OC(F)F)cc1. The molecule has 1 amide bonds. The van der Waals surface area contributed by atoms with Gasteiger partial charge in [0, 0.05) is 5.69 Å². The van der Waals surface area contributed by atoms with Gasteiger partial charge < -0.3 is 10.1 Å². The smallest absolute Gasteiger partial charge is 0.387 e. The number of nitrogens with one attached hydrogen (secondary N) is 1. The van der Waals surface area contributed by atoms with E-state index < -0.39 is 6.61 Å². The molecule has 0 saturated heterocycles. The van der Waals surface area contributed by atoms with Gasteiger partial charge >= 0.3 is 6.61 Å². The van der Waals surface area contributed by atoms with Crippen LogP contribution in [0.5, 0.6) is 5.75 Å². The summed E-state index contributed by atoms with van der Waals surface area (Å²) in [5.41, 5.74) is 1.80. The van der Waals surface area contributed by atoms with Crippen LogP contribution in [0.2, 0.25) is 0 Å². The van der Waals surface area contributed by atoms with E-state index >= 15 is 0 Å². The summed E-state index contributed by atoms with van der Waals surface area (Å²) in [6.07, 6.45) is 0.0752. The molecule has 2 aromatic rings. The van der Waals surface area contributed by atoms with Crippen LogP contribution >= 0.6 is 0 Å². The van der Waals surface area contributed by atoms with Crippen molar-refractivity contribution in [3.63, 3.8) is 0 Å². The molecule has 0 aliphatic heterocycles. The first-order valence-electron chi connectivity index (χ1n) is 6.54. The molecule has 2 rings (SSSR count). The maximum absolute atomic E-state index is 13.0. The maximum atomic E-state index is 13.0. The predicted molar refractivity (Wildman–Crippen MR) is 76.5 cm³/mol. The predicted octanol–water partition coefficient (Wildman–Crippen LogP) is 3.92. The molecule has 116 valence electrons. The highest BCUT2D eigenvalue weighted by Gasteiger charge is 2.08. The van der Waals surface area contributed by atoms with Crippen molar-refractivity contribution in [2.24, 2.45) is 0 Å². The van der Waals surface area contributed by atoms with E-state index in [4.69, 9.17) is 0 Å². The summed E-state index contributed by atoms with van der Waals surface area (Å²) in [6.45, 7) is -1.19. The molecule has 2 aromatic carbocycles. The van der Waals surface area contributed by atoms with Gasteiger partial charge in [-0.3, -0.25) is 4.79 Å². The Morgan fingerprint density at radius 2 is 1.86 bits per heavy atom. The van der Waals surface area contributed by atoms with E-state index in [-0.39, 0.29) is 23.9 Å². The number of aryl methyl sites for hydroxylation is 1. The van der Waals surface area contributed by atoms with E-state index in [9.17, 15) is 18.0 Å². The van der Waals surface area contributed by atoms with Crippen molar-refractivity contribution in [2.45, 2.75) is 20.0 Å². The molecule has 0 aliphatic carbocycles. The molecule has 0 bridgehead atoms. The zero-order valence-electron chi connectivity index (χ0n) is 11.8. The molecule has 0 spiro atoms. The molecule has 0 saturated carbocycles. The molecule has 0 fully saturated rings. The molecule has 3 nitrogen and oxygen atoms in total. The van der Waals surface area contributed by atoms with E-state index in [0.717, 1.165) is 0 Å². The zero-order valence-corrected chi connectivity index (χ0v) is 11.8. The van der Waals surface area contributed by atoms with Crippen LogP contribution in [0, 0.1) is 12.7 Å². The Bertz CT molecular complexity index is 657. The van der Waals surface area contributed by atoms with Gasteiger partial charge in [0.25, 0.3) is 0 Å².